The maximum atomic E-state index is 12.6. The van der Waals surface area contributed by atoms with Crippen LogP contribution in [0.5, 0.6) is 0 Å². The van der Waals surface area contributed by atoms with Crippen LogP contribution in [0.1, 0.15) is 47.5 Å². The third-order valence-electron chi connectivity index (χ3n) is 5.60. The fourth-order valence-electron chi connectivity index (χ4n) is 3.84. The predicted octanol–water partition coefficient (Wildman–Crippen LogP) is 2.59. The van der Waals surface area contributed by atoms with E-state index in [4.69, 9.17) is 4.74 Å². The summed E-state index contributed by atoms with van der Waals surface area (Å²) in [5, 5.41) is 0. The Balaban J connectivity index is 1.50. The zero-order valence-corrected chi connectivity index (χ0v) is 12.9. The van der Waals surface area contributed by atoms with E-state index in [0.717, 1.165) is 44.3 Å². The van der Waals surface area contributed by atoms with Crippen molar-refractivity contribution in [1.82, 2.24) is 4.90 Å². The molecule has 0 aromatic heterocycles. The lowest BCUT2D eigenvalue weighted by molar-refractivity contribution is -0.136. The zero-order chi connectivity index (χ0) is 15.3. The number of esters is 1. The van der Waals surface area contributed by atoms with Crippen LogP contribution in [0.15, 0.2) is 24.3 Å². The van der Waals surface area contributed by atoms with Crippen molar-refractivity contribution in [3.63, 3.8) is 0 Å². The molecule has 2 saturated carbocycles. The molecule has 1 heterocycles. The first kappa shape index (κ1) is 13.8. The van der Waals surface area contributed by atoms with Gasteiger partial charge in [0.15, 0.2) is 0 Å². The maximum Gasteiger partial charge on any atom is 0.337 e. The van der Waals surface area contributed by atoms with Crippen LogP contribution >= 0.6 is 0 Å². The van der Waals surface area contributed by atoms with Crippen molar-refractivity contribution in [2.45, 2.75) is 31.6 Å². The Morgan fingerprint density at radius 3 is 2.77 bits per heavy atom. The lowest BCUT2D eigenvalue weighted by Crippen LogP contribution is -2.41. The Morgan fingerprint density at radius 2 is 2.09 bits per heavy atom. The number of hydrogen-bond donors (Lipinski definition) is 0. The molecule has 0 spiro atoms. The van der Waals surface area contributed by atoms with Gasteiger partial charge >= 0.3 is 5.97 Å². The Morgan fingerprint density at radius 1 is 1.32 bits per heavy atom. The van der Waals surface area contributed by atoms with Crippen molar-refractivity contribution in [3.05, 3.63) is 35.4 Å². The molecular formula is C18H21NO3. The van der Waals surface area contributed by atoms with Gasteiger partial charge in [-0.3, -0.25) is 4.79 Å². The van der Waals surface area contributed by atoms with E-state index >= 15 is 0 Å². The van der Waals surface area contributed by atoms with Gasteiger partial charge in [0.25, 0.3) is 0 Å². The summed E-state index contributed by atoms with van der Waals surface area (Å²) >= 11 is 0. The number of fused-ring (bicyclic) bond motifs is 1. The number of amides is 1. The molecule has 1 amide bonds. The van der Waals surface area contributed by atoms with Crippen LogP contribution < -0.4 is 0 Å². The third-order valence-corrected chi connectivity index (χ3v) is 5.60. The molecule has 1 unspecified atom stereocenters. The molecule has 3 fully saturated rings. The normalized spacial score (nSPS) is 32.1. The van der Waals surface area contributed by atoms with E-state index in [1.165, 1.54) is 7.11 Å². The lowest BCUT2D eigenvalue weighted by atomic mass is 9.89. The van der Waals surface area contributed by atoms with Crippen LogP contribution in [0.4, 0.5) is 0 Å². The molecule has 1 atom stereocenters. The van der Waals surface area contributed by atoms with Crippen molar-refractivity contribution in [2.24, 2.45) is 11.3 Å². The highest BCUT2D eigenvalue weighted by molar-refractivity contribution is 5.90. The average molecular weight is 299 g/mol. The molecule has 2 aliphatic carbocycles. The van der Waals surface area contributed by atoms with Crippen LogP contribution in [0.3, 0.4) is 0 Å². The number of ether oxygens (including phenoxy) is 1. The van der Waals surface area contributed by atoms with Gasteiger partial charge in [-0.25, -0.2) is 4.79 Å². The first-order chi connectivity index (χ1) is 10.6. The summed E-state index contributed by atoms with van der Waals surface area (Å²) in [5.74, 6) is 1.10. The minimum absolute atomic E-state index is 0.0652. The van der Waals surface area contributed by atoms with Gasteiger partial charge in [0, 0.05) is 19.0 Å². The van der Waals surface area contributed by atoms with Crippen LogP contribution in [0.25, 0.3) is 0 Å². The van der Waals surface area contributed by atoms with Crippen molar-refractivity contribution in [3.8, 4) is 0 Å². The van der Waals surface area contributed by atoms with E-state index < -0.39 is 0 Å². The standard InChI is InChI=1S/C18H21NO3/c1-22-16(20)13-5-2-4-12(8-13)14-6-3-7-19(11-14)17(21)18-9-15(18)10-18/h2,4-5,8,14-15H,3,6-7,9-11H2,1H3. The van der Waals surface area contributed by atoms with Crippen LogP contribution in [0.2, 0.25) is 0 Å². The first-order valence-corrected chi connectivity index (χ1v) is 8.12. The molecule has 116 valence electrons. The van der Waals surface area contributed by atoms with Crippen molar-refractivity contribution >= 4 is 11.9 Å². The van der Waals surface area contributed by atoms with Gasteiger partial charge in [-0.2, -0.15) is 0 Å². The van der Waals surface area contributed by atoms with E-state index in [1.807, 2.05) is 12.1 Å². The van der Waals surface area contributed by atoms with Gasteiger partial charge in [-0.05, 0) is 49.3 Å². The minimum atomic E-state index is -0.303. The van der Waals surface area contributed by atoms with E-state index in [9.17, 15) is 9.59 Å². The van der Waals surface area contributed by atoms with E-state index in [0.29, 0.717) is 23.3 Å². The zero-order valence-electron chi connectivity index (χ0n) is 12.9. The third kappa shape index (κ3) is 2.13. The summed E-state index contributed by atoms with van der Waals surface area (Å²) in [7, 11) is 1.40. The fourth-order valence-corrected chi connectivity index (χ4v) is 3.84. The summed E-state index contributed by atoms with van der Waals surface area (Å²) in [4.78, 5) is 26.3. The second-order valence-electron chi connectivity index (χ2n) is 6.97. The van der Waals surface area contributed by atoms with Crippen molar-refractivity contribution in [2.75, 3.05) is 20.2 Å². The van der Waals surface area contributed by atoms with Crippen LogP contribution in [0, 0.1) is 11.3 Å². The number of rotatable bonds is 3. The molecule has 22 heavy (non-hydrogen) atoms. The average Bonchev–Trinajstić information content (AvgIpc) is 3.44. The molecule has 0 N–H and O–H groups in total. The van der Waals surface area contributed by atoms with E-state index in [1.54, 1.807) is 6.07 Å². The fraction of sp³-hybridized carbons (Fsp3) is 0.556. The second kappa shape index (κ2) is 4.83. The Hall–Kier alpha value is -1.84. The molecular weight excluding hydrogens is 278 g/mol. The van der Waals surface area contributed by atoms with Gasteiger partial charge < -0.3 is 9.64 Å². The number of carbonyl (C=O) groups is 2. The molecule has 1 aliphatic heterocycles. The number of nitrogens with zero attached hydrogens (tertiary/aromatic N) is 1. The Bertz CT molecular complexity index is 633. The predicted molar refractivity (Wildman–Crippen MR) is 81.5 cm³/mol. The molecule has 0 bridgehead atoms. The minimum Gasteiger partial charge on any atom is -0.465 e. The number of carbonyl (C=O) groups excluding carboxylic acids is 2. The second-order valence-corrected chi connectivity index (χ2v) is 6.97. The molecule has 4 heteroatoms. The summed E-state index contributed by atoms with van der Waals surface area (Å²) in [5.41, 5.74) is 1.79. The largest absolute Gasteiger partial charge is 0.465 e. The summed E-state index contributed by atoms with van der Waals surface area (Å²) in [6.45, 7) is 1.68. The van der Waals surface area contributed by atoms with Crippen LogP contribution in [-0.4, -0.2) is 37.0 Å². The molecule has 4 rings (SSSR count). The number of methoxy groups -OCH3 is 1. The molecule has 3 aliphatic rings. The number of benzene rings is 1. The highest BCUT2D eigenvalue weighted by Crippen LogP contribution is 2.76. The number of piperidine rings is 1. The van der Waals surface area contributed by atoms with Gasteiger partial charge in [0.05, 0.1) is 18.1 Å². The smallest absolute Gasteiger partial charge is 0.337 e. The quantitative estimate of drug-likeness (QED) is 0.806. The van der Waals surface area contributed by atoms with Crippen molar-refractivity contribution in [1.29, 1.82) is 0 Å². The monoisotopic (exact) mass is 299 g/mol. The highest BCUT2D eigenvalue weighted by atomic mass is 16.5. The highest BCUT2D eigenvalue weighted by Gasteiger charge is 2.75. The van der Waals surface area contributed by atoms with Gasteiger partial charge in [0.1, 0.15) is 0 Å². The van der Waals surface area contributed by atoms with Crippen LogP contribution in [-0.2, 0) is 9.53 Å². The SMILES string of the molecule is COC(=O)c1cccc(C2CCCN(C(=O)C34CC3C4)C2)c1. The number of hydrogen-bond acceptors (Lipinski definition) is 3. The first-order valence-electron chi connectivity index (χ1n) is 8.12. The molecule has 0 radical (unpaired) electrons. The molecule has 1 aromatic carbocycles. The lowest BCUT2D eigenvalue weighted by Gasteiger charge is -2.34. The van der Waals surface area contributed by atoms with Gasteiger partial charge in [-0.15, -0.1) is 0 Å². The van der Waals surface area contributed by atoms with Gasteiger partial charge in [-0.1, -0.05) is 12.1 Å². The summed E-state index contributed by atoms with van der Waals surface area (Å²) in [6.07, 6.45) is 4.35. The number of likely N-dealkylation sites (tertiary alicyclic amines) is 1. The van der Waals surface area contributed by atoms with Crippen molar-refractivity contribution < 1.29 is 14.3 Å². The topological polar surface area (TPSA) is 46.6 Å². The maximum absolute atomic E-state index is 12.6. The van der Waals surface area contributed by atoms with E-state index in [2.05, 4.69) is 11.0 Å². The Labute approximate surface area is 130 Å². The van der Waals surface area contributed by atoms with E-state index in [-0.39, 0.29) is 11.4 Å². The molecule has 1 saturated heterocycles. The molecule has 4 nitrogen and oxygen atoms in total. The summed E-state index contributed by atoms with van der Waals surface area (Å²) in [6, 6.07) is 7.65. The van der Waals surface area contributed by atoms with Gasteiger partial charge in [0.2, 0.25) is 5.91 Å². The Kier molecular flexibility index (Phi) is 3.03. The molecule has 1 aromatic rings. The summed E-state index contributed by atoms with van der Waals surface area (Å²) < 4.78 is 4.79.